The number of hydrogen-bond acceptors (Lipinski definition) is 4. The molecule has 0 amide bonds. The van der Waals surface area contributed by atoms with Gasteiger partial charge in [-0.05, 0) is 35.0 Å². The normalized spacial score (nSPS) is 10.5. The molecule has 5 nitrogen and oxygen atoms in total. The third-order valence-electron chi connectivity index (χ3n) is 1.78. The van der Waals surface area contributed by atoms with E-state index in [1.54, 1.807) is 19.1 Å². The number of ether oxygens (including phenoxy) is 1. The third kappa shape index (κ3) is 1.99. The average molecular weight is 270 g/mol. The molecule has 6 heteroatoms. The van der Waals surface area contributed by atoms with Crippen molar-refractivity contribution in [1.82, 2.24) is 15.0 Å². The van der Waals surface area contributed by atoms with Gasteiger partial charge in [0.2, 0.25) is 5.82 Å². The summed E-state index contributed by atoms with van der Waals surface area (Å²) in [5.74, 6) is -0.288. The van der Waals surface area contributed by atoms with E-state index in [2.05, 4.69) is 30.9 Å². The lowest BCUT2D eigenvalue weighted by Gasteiger charge is -1.95. The molecule has 2 rings (SSSR count). The number of imidazole rings is 1. The predicted molar refractivity (Wildman–Crippen MR) is 57.5 cm³/mol. The van der Waals surface area contributed by atoms with Crippen LogP contribution in [-0.2, 0) is 4.74 Å². The van der Waals surface area contributed by atoms with Crippen LogP contribution in [0.2, 0.25) is 0 Å². The van der Waals surface area contributed by atoms with Crippen molar-refractivity contribution in [1.29, 1.82) is 0 Å². The van der Waals surface area contributed by atoms with Crippen molar-refractivity contribution < 1.29 is 9.53 Å². The molecule has 0 unspecified atom stereocenters. The molecule has 0 aliphatic heterocycles. The highest BCUT2D eigenvalue weighted by Gasteiger charge is 2.12. The van der Waals surface area contributed by atoms with E-state index < -0.39 is 5.97 Å². The lowest BCUT2D eigenvalue weighted by atomic mass is 10.4. The first-order valence-electron chi connectivity index (χ1n) is 4.40. The summed E-state index contributed by atoms with van der Waals surface area (Å²) in [6.07, 6.45) is 0. The van der Waals surface area contributed by atoms with Crippen LogP contribution >= 0.6 is 15.9 Å². The van der Waals surface area contributed by atoms with Crippen LogP contribution in [0.1, 0.15) is 17.5 Å². The first kappa shape index (κ1) is 10.1. The molecule has 78 valence electrons. The van der Waals surface area contributed by atoms with Crippen LogP contribution in [0.3, 0.4) is 0 Å². The van der Waals surface area contributed by atoms with Crippen LogP contribution in [0.5, 0.6) is 0 Å². The zero-order valence-corrected chi connectivity index (χ0v) is 9.54. The van der Waals surface area contributed by atoms with E-state index in [4.69, 9.17) is 4.74 Å². The Morgan fingerprint density at radius 2 is 2.33 bits per heavy atom. The lowest BCUT2D eigenvalue weighted by molar-refractivity contribution is 0.0513. The van der Waals surface area contributed by atoms with Crippen LogP contribution < -0.4 is 0 Å². The van der Waals surface area contributed by atoms with Gasteiger partial charge in [-0.1, -0.05) is 0 Å². The monoisotopic (exact) mass is 269 g/mol. The highest BCUT2D eigenvalue weighted by Crippen LogP contribution is 2.13. The fraction of sp³-hybridized carbons (Fsp3) is 0.222. The zero-order valence-electron chi connectivity index (χ0n) is 7.95. The number of aromatic amines is 1. The summed E-state index contributed by atoms with van der Waals surface area (Å²) >= 11 is 3.23. The van der Waals surface area contributed by atoms with E-state index >= 15 is 0 Å². The Hall–Kier alpha value is -1.43. The molecule has 0 aliphatic carbocycles. The molecule has 0 saturated carbocycles. The molecule has 0 saturated heterocycles. The first-order valence-corrected chi connectivity index (χ1v) is 5.19. The quantitative estimate of drug-likeness (QED) is 0.668. The van der Waals surface area contributed by atoms with E-state index in [0.717, 1.165) is 0 Å². The molecule has 0 radical (unpaired) electrons. The Bertz CT molecular complexity index is 509. The van der Waals surface area contributed by atoms with Crippen LogP contribution in [0.25, 0.3) is 11.2 Å². The maximum absolute atomic E-state index is 11.3. The first-order chi connectivity index (χ1) is 7.20. The van der Waals surface area contributed by atoms with Crippen molar-refractivity contribution in [2.75, 3.05) is 6.61 Å². The Labute approximate surface area is 94.0 Å². The fourth-order valence-electron chi connectivity index (χ4n) is 1.17. The van der Waals surface area contributed by atoms with Gasteiger partial charge in [-0.2, -0.15) is 0 Å². The standard InChI is InChI=1S/C9H8BrN3O2/c1-2-15-9(14)8-11-5-3-4-6(10)12-7(5)13-8/h3-4H,2H2,1H3,(H,11,12,13). The van der Waals surface area contributed by atoms with E-state index in [-0.39, 0.29) is 5.82 Å². The summed E-state index contributed by atoms with van der Waals surface area (Å²) in [6, 6.07) is 3.57. The van der Waals surface area contributed by atoms with Gasteiger partial charge >= 0.3 is 5.97 Å². The molecule has 0 spiro atoms. The van der Waals surface area contributed by atoms with Gasteiger partial charge in [0.15, 0.2) is 5.65 Å². The number of fused-ring (bicyclic) bond motifs is 1. The number of carbonyl (C=O) groups is 1. The van der Waals surface area contributed by atoms with Gasteiger partial charge in [-0.25, -0.2) is 14.8 Å². The van der Waals surface area contributed by atoms with Gasteiger partial charge in [0.1, 0.15) is 4.60 Å². The van der Waals surface area contributed by atoms with Crippen LogP contribution in [-0.4, -0.2) is 27.5 Å². The number of hydrogen-bond donors (Lipinski definition) is 1. The number of carbonyl (C=O) groups excluding carboxylic acids is 1. The van der Waals surface area contributed by atoms with E-state index in [1.807, 2.05) is 0 Å². The van der Waals surface area contributed by atoms with Crippen molar-refractivity contribution in [2.45, 2.75) is 6.92 Å². The van der Waals surface area contributed by atoms with E-state index in [0.29, 0.717) is 22.4 Å². The van der Waals surface area contributed by atoms with Crippen LogP contribution in [0, 0.1) is 0 Å². The molecule has 0 aromatic carbocycles. The molecule has 2 aromatic heterocycles. The van der Waals surface area contributed by atoms with Gasteiger partial charge in [-0.3, -0.25) is 0 Å². The largest absolute Gasteiger partial charge is 0.460 e. The Morgan fingerprint density at radius 1 is 1.53 bits per heavy atom. The summed E-state index contributed by atoms with van der Waals surface area (Å²) in [6.45, 7) is 2.07. The minimum atomic E-state index is -0.466. The van der Waals surface area contributed by atoms with Crippen LogP contribution in [0.15, 0.2) is 16.7 Å². The minimum absolute atomic E-state index is 0.178. The third-order valence-corrected chi connectivity index (χ3v) is 2.22. The summed E-state index contributed by atoms with van der Waals surface area (Å²) in [7, 11) is 0. The second-order valence-corrected chi connectivity index (χ2v) is 3.62. The van der Waals surface area contributed by atoms with Crippen molar-refractivity contribution in [3.05, 3.63) is 22.6 Å². The van der Waals surface area contributed by atoms with Gasteiger partial charge in [-0.15, -0.1) is 0 Å². The number of rotatable bonds is 2. The number of nitrogens with zero attached hydrogens (tertiary/aromatic N) is 2. The summed E-state index contributed by atoms with van der Waals surface area (Å²) in [5.41, 5.74) is 1.20. The Kier molecular flexibility index (Phi) is 2.68. The molecule has 0 aliphatic rings. The Balaban J connectivity index is 2.42. The molecular formula is C9H8BrN3O2. The zero-order chi connectivity index (χ0) is 10.8. The molecule has 2 aromatic rings. The van der Waals surface area contributed by atoms with Gasteiger partial charge in [0.25, 0.3) is 0 Å². The smallest absolute Gasteiger partial charge is 0.374 e. The molecule has 2 heterocycles. The molecule has 0 fully saturated rings. The number of nitrogens with one attached hydrogen (secondary N) is 1. The fourth-order valence-corrected chi connectivity index (χ4v) is 1.47. The number of H-pyrrole nitrogens is 1. The highest BCUT2D eigenvalue weighted by atomic mass is 79.9. The lowest BCUT2D eigenvalue weighted by Crippen LogP contribution is -2.06. The highest BCUT2D eigenvalue weighted by molar-refractivity contribution is 9.10. The van der Waals surface area contributed by atoms with Crippen molar-refractivity contribution in [3.8, 4) is 0 Å². The molecule has 0 atom stereocenters. The topological polar surface area (TPSA) is 67.9 Å². The van der Waals surface area contributed by atoms with Gasteiger partial charge < -0.3 is 9.72 Å². The molecular weight excluding hydrogens is 262 g/mol. The number of esters is 1. The predicted octanol–water partition coefficient (Wildman–Crippen LogP) is 1.90. The SMILES string of the molecule is CCOC(=O)c1nc2nc(Br)ccc2[nH]1. The number of aromatic nitrogens is 3. The Morgan fingerprint density at radius 3 is 3.07 bits per heavy atom. The van der Waals surface area contributed by atoms with Gasteiger partial charge in [0.05, 0.1) is 12.1 Å². The van der Waals surface area contributed by atoms with E-state index in [9.17, 15) is 4.79 Å². The minimum Gasteiger partial charge on any atom is -0.460 e. The number of halogens is 1. The van der Waals surface area contributed by atoms with Crippen LogP contribution in [0.4, 0.5) is 0 Å². The van der Waals surface area contributed by atoms with Crippen molar-refractivity contribution in [3.63, 3.8) is 0 Å². The van der Waals surface area contributed by atoms with E-state index in [1.165, 1.54) is 0 Å². The van der Waals surface area contributed by atoms with Gasteiger partial charge in [0, 0.05) is 0 Å². The second kappa shape index (κ2) is 3.98. The summed E-state index contributed by atoms with van der Waals surface area (Å²) in [4.78, 5) is 22.3. The molecule has 15 heavy (non-hydrogen) atoms. The molecule has 0 bridgehead atoms. The average Bonchev–Trinajstić information content (AvgIpc) is 2.60. The van der Waals surface area contributed by atoms with Crippen molar-refractivity contribution in [2.24, 2.45) is 0 Å². The number of pyridine rings is 1. The second-order valence-electron chi connectivity index (χ2n) is 2.81. The summed E-state index contributed by atoms with van der Waals surface area (Å²) in [5, 5.41) is 0. The maximum atomic E-state index is 11.3. The van der Waals surface area contributed by atoms with Crippen molar-refractivity contribution >= 4 is 33.1 Å². The molecule has 1 N–H and O–H groups in total. The maximum Gasteiger partial charge on any atom is 0.374 e. The summed E-state index contributed by atoms with van der Waals surface area (Å²) < 4.78 is 5.49.